The van der Waals surface area contributed by atoms with Crippen LogP contribution in [0.1, 0.15) is 6.42 Å². The largest absolute Gasteiger partial charge is 0.399 e. The van der Waals surface area contributed by atoms with Crippen LogP contribution in [0.4, 0.5) is 17.1 Å². The molecule has 9 heteroatoms. The highest BCUT2D eigenvalue weighted by Gasteiger charge is 2.33. The molecule has 2 N–H and O–H groups in total. The van der Waals surface area contributed by atoms with E-state index in [1.807, 2.05) is 0 Å². The highest BCUT2D eigenvalue weighted by Crippen LogP contribution is 2.34. The maximum atomic E-state index is 11.9. The predicted molar refractivity (Wildman–Crippen MR) is 72.0 cm³/mol. The molecule has 1 aromatic carbocycles. The minimum absolute atomic E-state index is 0.129. The number of anilines is 2. The average molecular weight is 276 g/mol. The van der Waals surface area contributed by atoms with Crippen LogP contribution in [0.3, 0.4) is 0 Å². The number of nitro groups is 1. The molecule has 1 aromatic rings. The van der Waals surface area contributed by atoms with Crippen LogP contribution in [0.15, 0.2) is 23.3 Å². The zero-order valence-electron chi connectivity index (χ0n) is 10.5. The van der Waals surface area contributed by atoms with Crippen LogP contribution in [-0.4, -0.2) is 23.9 Å². The van der Waals surface area contributed by atoms with Gasteiger partial charge in [-0.25, -0.2) is 0 Å². The smallest absolute Gasteiger partial charge is 0.295 e. The fourth-order valence-corrected chi connectivity index (χ4v) is 2.20. The van der Waals surface area contributed by atoms with Gasteiger partial charge in [-0.2, -0.15) is 0 Å². The Morgan fingerprint density at radius 2 is 2.35 bits per heavy atom. The highest BCUT2D eigenvalue weighted by atomic mass is 16.6. The summed E-state index contributed by atoms with van der Waals surface area (Å²) in [6.45, 7) is 0.490. The number of hydrogen-bond donors (Lipinski definition) is 1. The Labute approximate surface area is 113 Å². The SMILES string of the molecule is [N-]=[N+]=NCC1CC(=O)N(c2ccc(N)cc2[N+](=O)[O-])C1. The fourth-order valence-electron chi connectivity index (χ4n) is 2.20. The van der Waals surface area contributed by atoms with Crippen LogP contribution in [0, 0.1) is 16.0 Å². The van der Waals surface area contributed by atoms with Crippen molar-refractivity contribution in [1.82, 2.24) is 0 Å². The summed E-state index contributed by atoms with van der Waals surface area (Å²) in [5.41, 5.74) is 14.1. The molecule has 0 saturated carbocycles. The van der Waals surface area contributed by atoms with Crippen molar-refractivity contribution >= 4 is 23.0 Å². The first-order valence-corrected chi connectivity index (χ1v) is 5.88. The van der Waals surface area contributed by atoms with E-state index in [1.165, 1.54) is 23.1 Å². The van der Waals surface area contributed by atoms with Crippen molar-refractivity contribution in [3.63, 3.8) is 0 Å². The van der Waals surface area contributed by atoms with Gasteiger partial charge in [0.15, 0.2) is 0 Å². The van der Waals surface area contributed by atoms with Gasteiger partial charge in [-0.3, -0.25) is 14.9 Å². The quantitative estimate of drug-likeness (QED) is 0.224. The summed E-state index contributed by atoms with van der Waals surface area (Å²) >= 11 is 0. The van der Waals surface area contributed by atoms with Gasteiger partial charge < -0.3 is 10.6 Å². The lowest BCUT2D eigenvalue weighted by atomic mass is 10.1. The van der Waals surface area contributed by atoms with E-state index >= 15 is 0 Å². The zero-order valence-corrected chi connectivity index (χ0v) is 10.5. The van der Waals surface area contributed by atoms with E-state index in [2.05, 4.69) is 10.0 Å². The van der Waals surface area contributed by atoms with Crippen molar-refractivity contribution in [3.05, 3.63) is 38.8 Å². The average Bonchev–Trinajstić information content (AvgIpc) is 2.77. The van der Waals surface area contributed by atoms with Crippen LogP contribution in [-0.2, 0) is 4.79 Å². The first-order valence-electron chi connectivity index (χ1n) is 5.88. The zero-order chi connectivity index (χ0) is 14.7. The molecule has 1 amide bonds. The molecule has 1 atom stereocenters. The van der Waals surface area contributed by atoms with Crippen molar-refractivity contribution < 1.29 is 9.72 Å². The molecule has 1 aliphatic rings. The van der Waals surface area contributed by atoms with Gasteiger partial charge in [-0.05, 0) is 23.6 Å². The summed E-state index contributed by atoms with van der Waals surface area (Å²) in [6.07, 6.45) is 0.209. The summed E-state index contributed by atoms with van der Waals surface area (Å²) < 4.78 is 0. The van der Waals surface area contributed by atoms with Gasteiger partial charge in [0.05, 0.1) is 4.92 Å². The van der Waals surface area contributed by atoms with Crippen molar-refractivity contribution in [2.24, 2.45) is 11.0 Å². The number of benzene rings is 1. The van der Waals surface area contributed by atoms with E-state index in [4.69, 9.17) is 11.3 Å². The molecule has 1 fully saturated rings. The third-order valence-electron chi connectivity index (χ3n) is 3.10. The number of hydrogen-bond acceptors (Lipinski definition) is 5. The summed E-state index contributed by atoms with van der Waals surface area (Å²) in [5.74, 6) is -0.355. The Hall–Kier alpha value is -2.80. The second-order valence-corrected chi connectivity index (χ2v) is 4.49. The van der Waals surface area contributed by atoms with E-state index in [0.717, 1.165) is 0 Å². The normalized spacial score (nSPS) is 17.9. The summed E-state index contributed by atoms with van der Waals surface area (Å²) in [5, 5.41) is 14.5. The summed E-state index contributed by atoms with van der Waals surface area (Å²) in [6, 6.07) is 4.20. The van der Waals surface area contributed by atoms with Gasteiger partial charge in [0.1, 0.15) is 5.69 Å². The molecular weight excluding hydrogens is 264 g/mol. The van der Waals surface area contributed by atoms with E-state index in [1.54, 1.807) is 0 Å². The van der Waals surface area contributed by atoms with Crippen molar-refractivity contribution in [1.29, 1.82) is 0 Å². The molecule has 0 bridgehead atoms. The monoisotopic (exact) mass is 276 g/mol. The molecule has 9 nitrogen and oxygen atoms in total. The molecule has 1 aliphatic heterocycles. The van der Waals surface area contributed by atoms with Crippen molar-refractivity contribution in [2.45, 2.75) is 6.42 Å². The molecule has 0 spiro atoms. The molecule has 2 rings (SSSR count). The standard InChI is InChI=1S/C11H12N6O3/c12-8-1-2-9(10(4-8)17(19)20)16-6-7(3-11(16)18)5-14-15-13/h1-2,4,7H,3,5-6,12H2. The molecule has 1 unspecified atom stereocenters. The van der Waals surface area contributed by atoms with Gasteiger partial charge in [-0.1, -0.05) is 5.11 Å². The van der Waals surface area contributed by atoms with Crippen LogP contribution < -0.4 is 10.6 Å². The maximum Gasteiger partial charge on any atom is 0.295 e. The summed E-state index contributed by atoms with van der Waals surface area (Å²) in [4.78, 5) is 26.4. The first kappa shape index (κ1) is 13.6. The maximum absolute atomic E-state index is 11.9. The van der Waals surface area contributed by atoms with Crippen LogP contribution in [0.25, 0.3) is 10.4 Å². The molecule has 20 heavy (non-hydrogen) atoms. The first-order chi connectivity index (χ1) is 9.52. The Morgan fingerprint density at radius 1 is 1.60 bits per heavy atom. The van der Waals surface area contributed by atoms with E-state index in [-0.39, 0.29) is 41.9 Å². The lowest BCUT2D eigenvalue weighted by molar-refractivity contribution is -0.384. The Balaban J connectivity index is 2.30. The Kier molecular flexibility index (Phi) is 3.72. The van der Waals surface area contributed by atoms with Gasteiger partial charge in [0.2, 0.25) is 5.91 Å². The lowest BCUT2D eigenvalue weighted by Gasteiger charge is -2.16. The Morgan fingerprint density at radius 3 is 3.00 bits per heavy atom. The van der Waals surface area contributed by atoms with Gasteiger partial charge in [0, 0.05) is 36.2 Å². The van der Waals surface area contributed by atoms with Crippen LogP contribution in [0.2, 0.25) is 0 Å². The number of nitro benzene ring substituents is 1. The molecule has 0 aliphatic carbocycles. The van der Waals surface area contributed by atoms with Gasteiger partial charge in [0.25, 0.3) is 5.69 Å². The van der Waals surface area contributed by atoms with E-state index in [9.17, 15) is 14.9 Å². The van der Waals surface area contributed by atoms with Gasteiger partial charge >= 0.3 is 0 Å². The summed E-state index contributed by atoms with van der Waals surface area (Å²) in [7, 11) is 0. The van der Waals surface area contributed by atoms with Gasteiger partial charge in [-0.15, -0.1) is 0 Å². The second-order valence-electron chi connectivity index (χ2n) is 4.49. The number of nitrogen functional groups attached to an aromatic ring is 1. The van der Waals surface area contributed by atoms with Crippen molar-refractivity contribution in [2.75, 3.05) is 23.7 Å². The predicted octanol–water partition coefficient (Wildman–Crippen LogP) is 1.84. The molecule has 1 heterocycles. The second kappa shape index (κ2) is 5.45. The fraction of sp³-hybridized carbons (Fsp3) is 0.364. The molecule has 104 valence electrons. The third-order valence-corrected chi connectivity index (χ3v) is 3.10. The topological polar surface area (TPSA) is 138 Å². The highest BCUT2D eigenvalue weighted by molar-refractivity contribution is 5.98. The molecular formula is C11H12N6O3. The Bertz CT molecular complexity index is 610. The molecule has 1 saturated heterocycles. The number of carbonyl (C=O) groups is 1. The minimum atomic E-state index is -0.570. The third kappa shape index (κ3) is 2.62. The minimum Gasteiger partial charge on any atom is -0.399 e. The van der Waals surface area contributed by atoms with E-state index < -0.39 is 4.92 Å². The number of rotatable bonds is 4. The number of nitrogens with two attached hydrogens (primary N) is 1. The number of azide groups is 1. The molecule has 0 radical (unpaired) electrons. The van der Waals surface area contributed by atoms with Crippen molar-refractivity contribution in [3.8, 4) is 0 Å². The van der Waals surface area contributed by atoms with E-state index in [0.29, 0.717) is 6.54 Å². The number of nitrogens with zero attached hydrogens (tertiary/aromatic N) is 5. The number of amides is 1. The van der Waals surface area contributed by atoms with Crippen LogP contribution in [0.5, 0.6) is 0 Å². The number of carbonyl (C=O) groups excluding carboxylic acids is 1. The van der Waals surface area contributed by atoms with Crippen LogP contribution >= 0.6 is 0 Å². The lowest BCUT2D eigenvalue weighted by Crippen LogP contribution is -2.25. The molecule has 0 aromatic heterocycles.